The Hall–Kier alpha value is -2.05. The minimum atomic E-state index is -3.46. The second-order valence-electron chi connectivity index (χ2n) is 6.70. The fourth-order valence-electron chi connectivity index (χ4n) is 3.42. The molecule has 0 N–H and O–H groups in total. The summed E-state index contributed by atoms with van der Waals surface area (Å²) in [6.07, 6.45) is 3.83. The van der Waals surface area contributed by atoms with E-state index in [1.165, 1.54) is 9.87 Å². The van der Waals surface area contributed by atoms with Crippen molar-refractivity contribution in [2.24, 2.45) is 0 Å². The van der Waals surface area contributed by atoms with Crippen molar-refractivity contribution in [2.75, 3.05) is 28.6 Å². The monoisotopic (exact) mass is 406 g/mol. The van der Waals surface area contributed by atoms with Crippen LogP contribution in [0.2, 0.25) is 5.02 Å². The number of carbonyl (C=O) groups is 1. The number of para-hydroxylation sites is 1. The van der Waals surface area contributed by atoms with Crippen molar-refractivity contribution in [3.05, 3.63) is 59.1 Å². The van der Waals surface area contributed by atoms with E-state index in [1.807, 2.05) is 23.1 Å². The fourth-order valence-corrected chi connectivity index (χ4v) is 4.56. The summed E-state index contributed by atoms with van der Waals surface area (Å²) in [7, 11) is -3.46. The van der Waals surface area contributed by atoms with Crippen LogP contribution in [-0.2, 0) is 21.2 Å². The van der Waals surface area contributed by atoms with Crippen molar-refractivity contribution < 1.29 is 13.2 Å². The highest BCUT2D eigenvalue weighted by molar-refractivity contribution is 7.92. The summed E-state index contributed by atoms with van der Waals surface area (Å²) in [5.41, 5.74) is 2.68. The van der Waals surface area contributed by atoms with Crippen LogP contribution in [0.15, 0.2) is 48.5 Å². The summed E-state index contributed by atoms with van der Waals surface area (Å²) in [6.45, 7) is 0.945. The molecule has 0 aliphatic carbocycles. The number of benzene rings is 2. The Balaban J connectivity index is 1.67. The minimum absolute atomic E-state index is 0.0293. The zero-order chi connectivity index (χ0) is 19.4. The van der Waals surface area contributed by atoms with Crippen molar-refractivity contribution in [2.45, 2.75) is 25.7 Å². The lowest BCUT2D eigenvalue weighted by Crippen LogP contribution is -2.36. The molecular formula is C20H23ClN2O3S. The molecule has 0 radical (unpaired) electrons. The average molecular weight is 407 g/mol. The van der Waals surface area contributed by atoms with Gasteiger partial charge in [-0.3, -0.25) is 9.10 Å². The molecule has 0 saturated carbocycles. The molecule has 1 aliphatic heterocycles. The molecule has 1 aliphatic rings. The van der Waals surface area contributed by atoms with Gasteiger partial charge in [-0.25, -0.2) is 8.42 Å². The first-order valence-electron chi connectivity index (χ1n) is 8.98. The first-order valence-corrected chi connectivity index (χ1v) is 11.2. The van der Waals surface area contributed by atoms with E-state index < -0.39 is 10.0 Å². The smallest absolute Gasteiger partial charge is 0.232 e. The summed E-state index contributed by atoms with van der Waals surface area (Å²) in [4.78, 5) is 14.5. The van der Waals surface area contributed by atoms with Crippen LogP contribution in [0.25, 0.3) is 0 Å². The number of aryl methyl sites for hydroxylation is 1. The molecule has 0 atom stereocenters. The highest BCUT2D eigenvalue weighted by Gasteiger charge is 2.23. The molecule has 5 nitrogen and oxygen atoms in total. The Bertz CT molecular complexity index is 930. The van der Waals surface area contributed by atoms with Crippen LogP contribution >= 0.6 is 11.6 Å². The molecule has 0 bridgehead atoms. The molecule has 1 amide bonds. The first kappa shape index (κ1) is 19.7. The number of amides is 1. The molecule has 2 aromatic carbocycles. The highest BCUT2D eigenvalue weighted by atomic mass is 35.5. The zero-order valence-electron chi connectivity index (χ0n) is 15.3. The van der Waals surface area contributed by atoms with Crippen LogP contribution in [0.3, 0.4) is 0 Å². The zero-order valence-corrected chi connectivity index (χ0v) is 16.8. The van der Waals surface area contributed by atoms with E-state index in [4.69, 9.17) is 11.6 Å². The number of rotatable bonds is 6. The highest BCUT2D eigenvalue weighted by Crippen LogP contribution is 2.28. The average Bonchev–Trinajstić information content (AvgIpc) is 2.63. The Labute approximate surface area is 165 Å². The van der Waals surface area contributed by atoms with Gasteiger partial charge in [0.1, 0.15) is 0 Å². The molecule has 27 heavy (non-hydrogen) atoms. The topological polar surface area (TPSA) is 57.7 Å². The number of halogens is 1. The number of sulfonamides is 1. The van der Waals surface area contributed by atoms with Gasteiger partial charge in [0, 0.05) is 30.2 Å². The number of hydrogen-bond acceptors (Lipinski definition) is 3. The van der Waals surface area contributed by atoms with Gasteiger partial charge < -0.3 is 4.90 Å². The lowest BCUT2D eigenvalue weighted by Gasteiger charge is -2.30. The van der Waals surface area contributed by atoms with Crippen molar-refractivity contribution >= 4 is 38.9 Å². The van der Waals surface area contributed by atoms with Gasteiger partial charge in [-0.1, -0.05) is 35.9 Å². The van der Waals surface area contributed by atoms with Crippen LogP contribution in [0.5, 0.6) is 0 Å². The molecule has 0 fully saturated rings. The lowest BCUT2D eigenvalue weighted by molar-refractivity contribution is -0.118. The molecule has 0 unspecified atom stereocenters. The Morgan fingerprint density at radius 3 is 2.70 bits per heavy atom. The molecule has 3 rings (SSSR count). The number of nitrogens with zero attached hydrogens (tertiary/aromatic N) is 2. The van der Waals surface area contributed by atoms with Crippen LogP contribution < -0.4 is 9.21 Å². The maximum atomic E-state index is 12.7. The summed E-state index contributed by atoms with van der Waals surface area (Å²) in [5, 5.41) is 0.474. The van der Waals surface area contributed by atoms with Crippen molar-refractivity contribution in [1.29, 1.82) is 0 Å². The molecule has 144 valence electrons. The van der Waals surface area contributed by atoms with Gasteiger partial charge >= 0.3 is 0 Å². The summed E-state index contributed by atoms with van der Waals surface area (Å²) >= 11 is 5.99. The number of anilines is 2. The molecule has 2 aromatic rings. The van der Waals surface area contributed by atoms with E-state index in [2.05, 4.69) is 6.07 Å². The van der Waals surface area contributed by atoms with Crippen molar-refractivity contribution in [3.63, 3.8) is 0 Å². The SMILES string of the molecule is CS(=O)(=O)N(CCCC(=O)N1CCCc2ccccc21)c1cccc(Cl)c1. The van der Waals surface area contributed by atoms with E-state index >= 15 is 0 Å². The molecule has 0 saturated heterocycles. The first-order chi connectivity index (χ1) is 12.9. The molecule has 1 heterocycles. The second kappa shape index (κ2) is 8.31. The molecule has 0 aromatic heterocycles. The third-order valence-corrected chi connectivity index (χ3v) is 6.09. The van der Waals surface area contributed by atoms with Gasteiger partial charge in [-0.15, -0.1) is 0 Å². The van der Waals surface area contributed by atoms with E-state index in [9.17, 15) is 13.2 Å². The van der Waals surface area contributed by atoms with E-state index in [-0.39, 0.29) is 12.5 Å². The predicted octanol–water partition coefficient (Wildman–Crippen LogP) is 3.87. The summed E-state index contributed by atoms with van der Waals surface area (Å²) < 4.78 is 25.6. The fraction of sp³-hybridized carbons (Fsp3) is 0.350. The number of hydrogen-bond donors (Lipinski definition) is 0. The Kier molecular flexibility index (Phi) is 6.07. The maximum absolute atomic E-state index is 12.7. The van der Waals surface area contributed by atoms with Gasteiger partial charge in [0.2, 0.25) is 15.9 Å². The third-order valence-electron chi connectivity index (χ3n) is 4.66. The molecule has 7 heteroatoms. The molecular weight excluding hydrogens is 384 g/mol. The largest absolute Gasteiger partial charge is 0.312 e. The quantitative estimate of drug-likeness (QED) is 0.731. The number of fused-ring (bicyclic) bond motifs is 1. The normalized spacial score (nSPS) is 13.9. The van der Waals surface area contributed by atoms with Crippen LogP contribution in [0, 0.1) is 0 Å². The van der Waals surface area contributed by atoms with Crippen LogP contribution in [-0.4, -0.2) is 33.7 Å². The van der Waals surface area contributed by atoms with Gasteiger partial charge in [-0.2, -0.15) is 0 Å². The van der Waals surface area contributed by atoms with Gasteiger partial charge in [0.25, 0.3) is 0 Å². The maximum Gasteiger partial charge on any atom is 0.232 e. The molecule has 0 spiro atoms. The van der Waals surface area contributed by atoms with E-state index in [0.29, 0.717) is 30.1 Å². The van der Waals surface area contributed by atoms with Gasteiger partial charge in [0.15, 0.2) is 0 Å². The standard InChI is InChI=1S/C20H23ClN2O3S/c1-27(25,26)23(18-10-4-9-17(21)15-18)14-6-12-20(24)22-13-5-8-16-7-2-3-11-19(16)22/h2-4,7,9-11,15H,5-6,8,12-14H2,1H3. The lowest BCUT2D eigenvalue weighted by atomic mass is 10.0. The van der Waals surface area contributed by atoms with Crippen molar-refractivity contribution in [1.82, 2.24) is 0 Å². The van der Waals surface area contributed by atoms with Crippen LogP contribution in [0.1, 0.15) is 24.8 Å². The third kappa shape index (κ3) is 4.82. The minimum Gasteiger partial charge on any atom is -0.312 e. The Morgan fingerprint density at radius 2 is 1.96 bits per heavy atom. The van der Waals surface area contributed by atoms with Crippen molar-refractivity contribution in [3.8, 4) is 0 Å². The van der Waals surface area contributed by atoms with Gasteiger partial charge in [0.05, 0.1) is 11.9 Å². The Morgan fingerprint density at radius 1 is 1.19 bits per heavy atom. The summed E-state index contributed by atoms with van der Waals surface area (Å²) in [6, 6.07) is 14.7. The van der Waals surface area contributed by atoms with Gasteiger partial charge in [-0.05, 0) is 49.1 Å². The number of carbonyl (C=O) groups excluding carboxylic acids is 1. The second-order valence-corrected chi connectivity index (χ2v) is 9.04. The van der Waals surface area contributed by atoms with E-state index in [0.717, 1.165) is 24.8 Å². The van der Waals surface area contributed by atoms with Crippen LogP contribution in [0.4, 0.5) is 11.4 Å². The predicted molar refractivity (Wildman–Crippen MR) is 110 cm³/mol. The van der Waals surface area contributed by atoms with E-state index in [1.54, 1.807) is 24.3 Å². The summed E-state index contributed by atoms with van der Waals surface area (Å²) in [5.74, 6) is 0.0293.